The van der Waals surface area contributed by atoms with E-state index in [9.17, 15) is 0 Å². The van der Waals surface area contributed by atoms with Crippen LogP contribution in [-0.2, 0) is 11.2 Å². The fourth-order valence-corrected chi connectivity index (χ4v) is 2.98. The fourth-order valence-electron chi connectivity index (χ4n) is 2.98. The summed E-state index contributed by atoms with van der Waals surface area (Å²) in [6.45, 7) is 5.98. The third kappa shape index (κ3) is 2.59. The van der Waals surface area contributed by atoms with Crippen LogP contribution < -0.4 is 5.73 Å². The molecule has 0 bridgehead atoms. The quantitative estimate of drug-likeness (QED) is 0.873. The molecule has 0 amide bonds. The zero-order chi connectivity index (χ0) is 13.0. The molecule has 4 nitrogen and oxygen atoms in total. The normalized spacial score (nSPS) is 23.2. The average molecular weight is 251 g/mol. The topological polar surface area (TPSA) is 53.1 Å². The van der Waals surface area contributed by atoms with Gasteiger partial charge in [0.15, 0.2) is 0 Å². The van der Waals surface area contributed by atoms with Crippen LogP contribution in [0.25, 0.3) is 0 Å². The van der Waals surface area contributed by atoms with Crippen molar-refractivity contribution in [2.24, 2.45) is 5.73 Å². The van der Waals surface area contributed by atoms with Crippen LogP contribution in [0.1, 0.15) is 51.3 Å². The molecule has 2 N–H and O–H groups in total. The van der Waals surface area contributed by atoms with Crippen molar-refractivity contribution < 1.29 is 4.74 Å². The second-order valence-electron chi connectivity index (χ2n) is 5.22. The van der Waals surface area contributed by atoms with Gasteiger partial charge in [-0.05, 0) is 32.2 Å². The molecule has 1 unspecified atom stereocenters. The van der Waals surface area contributed by atoms with E-state index >= 15 is 0 Å². The van der Waals surface area contributed by atoms with Crippen LogP contribution in [0.15, 0.2) is 12.5 Å². The summed E-state index contributed by atoms with van der Waals surface area (Å²) in [5.74, 6) is 0. The number of rotatable bonds is 5. The van der Waals surface area contributed by atoms with Crippen LogP contribution in [-0.4, -0.2) is 28.3 Å². The van der Waals surface area contributed by atoms with E-state index in [2.05, 4.69) is 23.4 Å². The first kappa shape index (κ1) is 13.6. The molecule has 0 aliphatic carbocycles. The summed E-state index contributed by atoms with van der Waals surface area (Å²) in [6, 6.07) is 0.516. The molecule has 1 fully saturated rings. The molecule has 1 aliphatic heterocycles. The molecule has 2 heterocycles. The van der Waals surface area contributed by atoms with Gasteiger partial charge < -0.3 is 15.0 Å². The van der Waals surface area contributed by atoms with Gasteiger partial charge in [-0.25, -0.2) is 4.98 Å². The summed E-state index contributed by atoms with van der Waals surface area (Å²) < 4.78 is 8.35. The monoisotopic (exact) mass is 251 g/mol. The maximum absolute atomic E-state index is 6.03. The molecule has 1 atom stereocenters. The van der Waals surface area contributed by atoms with Crippen LogP contribution in [0.5, 0.6) is 0 Å². The zero-order valence-corrected chi connectivity index (χ0v) is 11.6. The Bertz CT molecular complexity index is 371. The molecule has 0 radical (unpaired) electrons. The number of nitrogens with zero attached hydrogens (tertiary/aromatic N) is 2. The Hall–Kier alpha value is -0.870. The predicted octanol–water partition coefficient (Wildman–Crippen LogP) is 2.29. The van der Waals surface area contributed by atoms with Gasteiger partial charge in [0.2, 0.25) is 0 Å². The van der Waals surface area contributed by atoms with Crippen molar-refractivity contribution in [2.75, 3.05) is 13.2 Å². The zero-order valence-electron chi connectivity index (χ0n) is 11.6. The largest absolute Gasteiger partial charge is 0.375 e. The van der Waals surface area contributed by atoms with Crippen molar-refractivity contribution in [3.05, 3.63) is 18.2 Å². The lowest BCUT2D eigenvalue weighted by atomic mass is 9.85. The molecule has 0 saturated carbocycles. The van der Waals surface area contributed by atoms with Crippen molar-refractivity contribution in [3.8, 4) is 0 Å². The van der Waals surface area contributed by atoms with E-state index in [1.54, 1.807) is 0 Å². The molecule has 1 aromatic rings. The van der Waals surface area contributed by atoms with E-state index in [1.807, 2.05) is 12.5 Å². The van der Waals surface area contributed by atoms with E-state index in [0.717, 1.165) is 38.7 Å². The van der Waals surface area contributed by atoms with Crippen LogP contribution in [0, 0.1) is 0 Å². The summed E-state index contributed by atoms with van der Waals surface area (Å²) in [7, 11) is 0. The molecule has 0 spiro atoms. The van der Waals surface area contributed by atoms with E-state index in [1.165, 1.54) is 5.69 Å². The molecule has 4 heteroatoms. The molecule has 2 rings (SSSR count). The SMILES string of the molecule is CCC1(CC)CC(n2cncc2CCN)CCO1. The first-order valence-electron chi connectivity index (χ1n) is 7.09. The highest BCUT2D eigenvalue weighted by atomic mass is 16.5. The second kappa shape index (κ2) is 5.85. The van der Waals surface area contributed by atoms with Gasteiger partial charge in [0.1, 0.15) is 0 Å². The van der Waals surface area contributed by atoms with Gasteiger partial charge in [0, 0.05) is 31.0 Å². The summed E-state index contributed by atoms with van der Waals surface area (Å²) in [5, 5.41) is 0. The third-order valence-corrected chi connectivity index (χ3v) is 4.30. The standard InChI is InChI=1S/C14H25N3O/c1-3-14(4-2)9-12(6-8-18-14)17-11-16-10-13(17)5-7-15/h10-12H,3-9,15H2,1-2H3. The molecule has 102 valence electrons. The minimum Gasteiger partial charge on any atom is -0.375 e. The van der Waals surface area contributed by atoms with Crippen LogP contribution in [0.2, 0.25) is 0 Å². The molecular weight excluding hydrogens is 226 g/mol. The lowest BCUT2D eigenvalue weighted by Crippen LogP contribution is -2.39. The van der Waals surface area contributed by atoms with Gasteiger partial charge in [-0.2, -0.15) is 0 Å². The number of aromatic nitrogens is 2. The highest BCUT2D eigenvalue weighted by Crippen LogP contribution is 2.37. The van der Waals surface area contributed by atoms with Gasteiger partial charge in [-0.3, -0.25) is 0 Å². The minimum absolute atomic E-state index is 0.0627. The second-order valence-corrected chi connectivity index (χ2v) is 5.22. The Morgan fingerprint density at radius 1 is 1.50 bits per heavy atom. The lowest BCUT2D eigenvalue weighted by molar-refractivity contribution is -0.0989. The number of hydrogen-bond acceptors (Lipinski definition) is 3. The van der Waals surface area contributed by atoms with E-state index in [0.29, 0.717) is 12.6 Å². The van der Waals surface area contributed by atoms with E-state index in [-0.39, 0.29) is 5.60 Å². The first-order valence-corrected chi connectivity index (χ1v) is 7.09. The molecule has 1 aliphatic rings. The fraction of sp³-hybridized carbons (Fsp3) is 0.786. The van der Waals surface area contributed by atoms with Crippen molar-refractivity contribution >= 4 is 0 Å². The van der Waals surface area contributed by atoms with Crippen molar-refractivity contribution in [1.82, 2.24) is 9.55 Å². The maximum atomic E-state index is 6.03. The Balaban J connectivity index is 2.15. The van der Waals surface area contributed by atoms with Crippen molar-refractivity contribution in [2.45, 2.75) is 57.6 Å². The summed E-state index contributed by atoms with van der Waals surface area (Å²) >= 11 is 0. The molecular formula is C14H25N3O. The van der Waals surface area contributed by atoms with E-state index < -0.39 is 0 Å². The molecule has 1 saturated heterocycles. The van der Waals surface area contributed by atoms with Gasteiger partial charge in [0.25, 0.3) is 0 Å². The number of ether oxygens (including phenoxy) is 1. The Labute approximate surface area is 110 Å². The van der Waals surface area contributed by atoms with Crippen molar-refractivity contribution in [1.29, 1.82) is 0 Å². The van der Waals surface area contributed by atoms with Gasteiger partial charge in [0.05, 0.1) is 11.9 Å². The predicted molar refractivity (Wildman–Crippen MR) is 72.5 cm³/mol. The Kier molecular flexibility index (Phi) is 4.40. The van der Waals surface area contributed by atoms with Crippen LogP contribution >= 0.6 is 0 Å². The average Bonchev–Trinajstić information content (AvgIpc) is 2.87. The number of hydrogen-bond donors (Lipinski definition) is 1. The maximum Gasteiger partial charge on any atom is 0.0950 e. The van der Waals surface area contributed by atoms with Gasteiger partial charge in [-0.15, -0.1) is 0 Å². The number of imidazole rings is 1. The van der Waals surface area contributed by atoms with Crippen LogP contribution in [0.3, 0.4) is 0 Å². The minimum atomic E-state index is 0.0627. The highest BCUT2D eigenvalue weighted by Gasteiger charge is 2.35. The highest BCUT2D eigenvalue weighted by molar-refractivity contribution is 5.03. The van der Waals surface area contributed by atoms with Crippen molar-refractivity contribution in [3.63, 3.8) is 0 Å². The number of nitrogens with two attached hydrogens (primary N) is 1. The van der Waals surface area contributed by atoms with Gasteiger partial charge in [-0.1, -0.05) is 13.8 Å². The third-order valence-electron chi connectivity index (χ3n) is 4.30. The summed E-state index contributed by atoms with van der Waals surface area (Å²) in [4.78, 5) is 4.28. The smallest absolute Gasteiger partial charge is 0.0950 e. The van der Waals surface area contributed by atoms with Gasteiger partial charge >= 0.3 is 0 Å². The molecule has 1 aromatic heterocycles. The van der Waals surface area contributed by atoms with E-state index in [4.69, 9.17) is 10.5 Å². The summed E-state index contributed by atoms with van der Waals surface area (Å²) in [5.41, 5.74) is 6.98. The molecule has 18 heavy (non-hydrogen) atoms. The van der Waals surface area contributed by atoms with Crippen LogP contribution in [0.4, 0.5) is 0 Å². The summed E-state index contributed by atoms with van der Waals surface area (Å²) in [6.07, 6.45) is 9.15. The lowest BCUT2D eigenvalue weighted by Gasteiger charge is -2.40. The first-order chi connectivity index (χ1) is 8.74. The molecule has 0 aromatic carbocycles. The Morgan fingerprint density at radius 3 is 2.94 bits per heavy atom. The Morgan fingerprint density at radius 2 is 2.28 bits per heavy atom.